The maximum absolute atomic E-state index is 11.5. The summed E-state index contributed by atoms with van der Waals surface area (Å²) in [6, 6.07) is 7.26. The highest BCUT2D eigenvalue weighted by Crippen LogP contribution is 2.30. The Morgan fingerprint density at radius 2 is 1.94 bits per heavy atom. The van der Waals surface area contributed by atoms with Gasteiger partial charge in [-0.25, -0.2) is 8.42 Å². The first-order valence-corrected chi connectivity index (χ1v) is 7.49. The summed E-state index contributed by atoms with van der Waals surface area (Å²) in [5.41, 5.74) is 0.679. The van der Waals surface area contributed by atoms with Crippen molar-refractivity contribution >= 4 is 27.1 Å². The van der Waals surface area contributed by atoms with E-state index in [1.165, 1.54) is 6.26 Å². The standard InChI is InChI=1S/C11H14ClNO2S/c1-16(14,15)11-5-3-2-4-10(11)13-9-6-8(12)7-9/h2-5,8-9,13H,6-7H2,1H3. The molecule has 3 nitrogen and oxygen atoms in total. The van der Waals surface area contributed by atoms with Gasteiger partial charge in [0.15, 0.2) is 9.84 Å². The molecular weight excluding hydrogens is 246 g/mol. The lowest BCUT2D eigenvalue weighted by Gasteiger charge is -2.32. The zero-order valence-electron chi connectivity index (χ0n) is 8.98. The monoisotopic (exact) mass is 259 g/mol. The Balaban J connectivity index is 2.21. The molecule has 0 bridgehead atoms. The molecule has 1 aromatic rings. The number of anilines is 1. The molecule has 1 saturated carbocycles. The summed E-state index contributed by atoms with van der Waals surface area (Å²) in [5.74, 6) is 0. The zero-order chi connectivity index (χ0) is 11.8. The van der Waals surface area contributed by atoms with Gasteiger partial charge < -0.3 is 5.32 Å². The second kappa shape index (κ2) is 4.26. The second-order valence-corrected chi connectivity index (χ2v) is 6.78. The summed E-state index contributed by atoms with van der Waals surface area (Å²) >= 11 is 5.88. The van der Waals surface area contributed by atoms with E-state index in [1.54, 1.807) is 18.2 Å². The van der Waals surface area contributed by atoms with Gasteiger partial charge in [-0.2, -0.15) is 0 Å². The van der Waals surface area contributed by atoms with Crippen molar-refractivity contribution < 1.29 is 8.42 Å². The zero-order valence-corrected chi connectivity index (χ0v) is 10.6. The molecule has 5 heteroatoms. The van der Waals surface area contributed by atoms with E-state index < -0.39 is 9.84 Å². The van der Waals surface area contributed by atoms with Gasteiger partial charge in [0.05, 0.1) is 10.6 Å². The molecule has 0 radical (unpaired) electrons. The number of halogens is 1. The average Bonchev–Trinajstić information content (AvgIpc) is 2.14. The molecule has 0 aliphatic heterocycles. The summed E-state index contributed by atoms with van der Waals surface area (Å²) < 4.78 is 23.1. The van der Waals surface area contributed by atoms with Crippen molar-refractivity contribution in [3.05, 3.63) is 24.3 Å². The fourth-order valence-corrected chi connectivity index (χ4v) is 3.08. The second-order valence-electron chi connectivity index (χ2n) is 4.18. The molecule has 1 aromatic carbocycles. The van der Waals surface area contributed by atoms with Crippen LogP contribution in [0.3, 0.4) is 0 Å². The third-order valence-electron chi connectivity index (χ3n) is 2.73. The molecule has 0 spiro atoms. The number of benzene rings is 1. The Kier molecular flexibility index (Phi) is 3.13. The van der Waals surface area contributed by atoms with Crippen molar-refractivity contribution in [2.75, 3.05) is 11.6 Å². The maximum Gasteiger partial charge on any atom is 0.177 e. The molecule has 0 amide bonds. The number of hydrogen-bond acceptors (Lipinski definition) is 3. The average molecular weight is 260 g/mol. The minimum atomic E-state index is -3.17. The summed E-state index contributed by atoms with van der Waals surface area (Å²) in [6.45, 7) is 0. The molecule has 1 aliphatic carbocycles. The number of alkyl halides is 1. The quantitative estimate of drug-likeness (QED) is 0.847. The molecule has 0 heterocycles. The third-order valence-corrected chi connectivity index (χ3v) is 4.24. The number of sulfone groups is 1. The third kappa shape index (κ3) is 2.50. The van der Waals surface area contributed by atoms with Gasteiger partial charge in [-0.1, -0.05) is 12.1 Å². The number of rotatable bonds is 3. The molecule has 0 unspecified atom stereocenters. The fourth-order valence-electron chi connectivity index (χ4n) is 1.80. The van der Waals surface area contributed by atoms with Crippen LogP contribution in [0.1, 0.15) is 12.8 Å². The SMILES string of the molecule is CS(=O)(=O)c1ccccc1NC1CC(Cl)C1. The van der Waals surface area contributed by atoms with Crippen molar-refractivity contribution in [2.24, 2.45) is 0 Å². The fraction of sp³-hybridized carbons (Fsp3) is 0.455. The molecule has 0 aromatic heterocycles. The Morgan fingerprint density at radius 1 is 1.31 bits per heavy atom. The summed E-state index contributed by atoms with van der Waals surface area (Å²) in [4.78, 5) is 0.355. The first-order chi connectivity index (χ1) is 7.47. The van der Waals surface area contributed by atoms with Gasteiger partial charge >= 0.3 is 0 Å². The molecule has 16 heavy (non-hydrogen) atoms. The van der Waals surface area contributed by atoms with Crippen LogP contribution in [0.2, 0.25) is 0 Å². The van der Waals surface area contributed by atoms with Crippen molar-refractivity contribution in [3.8, 4) is 0 Å². The predicted octanol–water partition coefficient (Wildman–Crippen LogP) is 2.27. The smallest absolute Gasteiger partial charge is 0.177 e. The van der Waals surface area contributed by atoms with Gasteiger partial charge in [0.2, 0.25) is 0 Å². The Bertz CT molecular complexity index is 481. The van der Waals surface area contributed by atoms with Crippen molar-refractivity contribution in [2.45, 2.75) is 29.2 Å². The lowest BCUT2D eigenvalue weighted by molar-refractivity contribution is 0.454. The lowest BCUT2D eigenvalue weighted by Crippen LogP contribution is -2.36. The van der Waals surface area contributed by atoms with Gasteiger partial charge in [0, 0.05) is 17.7 Å². The first-order valence-electron chi connectivity index (χ1n) is 5.16. The topological polar surface area (TPSA) is 46.2 Å². The van der Waals surface area contributed by atoms with E-state index in [-0.39, 0.29) is 5.38 Å². The van der Waals surface area contributed by atoms with E-state index in [0.717, 1.165) is 12.8 Å². The minimum Gasteiger partial charge on any atom is -0.381 e. The Morgan fingerprint density at radius 3 is 2.50 bits per heavy atom. The van der Waals surface area contributed by atoms with E-state index in [0.29, 0.717) is 16.6 Å². The molecular formula is C11H14ClNO2S. The largest absolute Gasteiger partial charge is 0.381 e. The van der Waals surface area contributed by atoms with Gasteiger partial charge in [0.1, 0.15) is 0 Å². The Hall–Kier alpha value is -0.740. The number of para-hydroxylation sites is 1. The van der Waals surface area contributed by atoms with Gasteiger partial charge in [-0.05, 0) is 25.0 Å². The molecule has 0 saturated heterocycles. The van der Waals surface area contributed by atoms with E-state index in [9.17, 15) is 8.42 Å². The van der Waals surface area contributed by atoms with Crippen LogP contribution < -0.4 is 5.32 Å². The predicted molar refractivity (Wildman–Crippen MR) is 65.8 cm³/mol. The van der Waals surface area contributed by atoms with Crippen LogP contribution in [0, 0.1) is 0 Å². The van der Waals surface area contributed by atoms with E-state index in [2.05, 4.69) is 5.32 Å². The van der Waals surface area contributed by atoms with Gasteiger partial charge in [-0.15, -0.1) is 11.6 Å². The Labute approximate surface area is 101 Å². The highest BCUT2D eigenvalue weighted by molar-refractivity contribution is 7.90. The summed E-state index contributed by atoms with van der Waals surface area (Å²) in [7, 11) is -3.17. The molecule has 1 fully saturated rings. The molecule has 88 valence electrons. The van der Waals surface area contributed by atoms with Crippen LogP contribution in [0.4, 0.5) is 5.69 Å². The van der Waals surface area contributed by atoms with Crippen molar-refractivity contribution in [1.82, 2.24) is 0 Å². The van der Waals surface area contributed by atoms with Gasteiger partial charge in [0.25, 0.3) is 0 Å². The molecule has 0 atom stereocenters. The minimum absolute atomic E-state index is 0.225. The van der Waals surface area contributed by atoms with Crippen molar-refractivity contribution in [1.29, 1.82) is 0 Å². The van der Waals surface area contributed by atoms with E-state index in [4.69, 9.17) is 11.6 Å². The van der Waals surface area contributed by atoms with E-state index >= 15 is 0 Å². The van der Waals surface area contributed by atoms with E-state index in [1.807, 2.05) is 6.07 Å². The van der Waals surface area contributed by atoms with Crippen molar-refractivity contribution in [3.63, 3.8) is 0 Å². The normalized spacial score (nSPS) is 24.9. The van der Waals surface area contributed by atoms with Crippen LogP contribution in [0.15, 0.2) is 29.2 Å². The van der Waals surface area contributed by atoms with Crippen LogP contribution in [-0.4, -0.2) is 26.1 Å². The first kappa shape index (κ1) is 11.7. The van der Waals surface area contributed by atoms with Gasteiger partial charge in [-0.3, -0.25) is 0 Å². The highest BCUT2D eigenvalue weighted by atomic mass is 35.5. The van der Waals surface area contributed by atoms with Crippen LogP contribution >= 0.6 is 11.6 Å². The molecule has 2 rings (SSSR count). The molecule has 1 N–H and O–H groups in total. The number of hydrogen-bond donors (Lipinski definition) is 1. The van der Waals surface area contributed by atoms with Crippen LogP contribution in [0.25, 0.3) is 0 Å². The maximum atomic E-state index is 11.5. The number of nitrogens with one attached hydrogen (secondary N) is 1. The van der Waals surface area contributed by atoms with Crippen LogP contribution in [0.5, 0.6) is 0 Å². The van der Waals surface area contributed by atoms with Crippen LogP contribution in [-0.2, 0) is 9.84 Å². The summed E-state index contributed by atoms with van der Waals surface area (Å²) in [5, 5.41) is 3.45. The lowest BCUT2D eigenvalue weighted by atomic mass is 9.92. The highest BCUT2D eigenvalue weighted by Gasteiger charge is 2.28. The summed E-state index contributed by atoms with van der Waals surface area (Å²) in [6.07, 6.45) is 3.00. The molecule has 1 aliphatic rings.